The van der Waals surface area contributed by atoms with E-state index in [1.54, 1.807) is 0 Å². The van der Waals surface area contributed by atoms with Gasteiger partial charge in [-0.15, -0.1) is 0 Å². The highest BCUT2D eigenvalue weighted by Crippen LogP contribution is 2.38. The zero-order valence-corrected chi connectivity index (χ0v) is 9.13. The minimum atomic E-state index is 0.624. The Labute approximate surface area is 93.6 Å². The topological polar surface area (TPSA) is 20.7 Å². The van der Waals surface area contributed by atoms with Crippen molar-refractivity contribution in [1.29, 1.82) is 0 Å². The van der Waals surface area contributed by atoms with Gasteiger partial charge in [-0.05, 0) is 30.6 Å². The van der Waals surface area contributed by atoms with E-state index in [0.717, 1.165) is 4.77 Å². The number of hydrogen-bond acceptors (Lipinski definition) is 1. The fraction of sp³-hybridized carbons (Fsp3) is 0.250. The first-order valence-corrected chi connectivity index (χ1v) is 5.62. The molecule has 2 aromatic rings. The summed E-state index contributed by atoms with van der Waals surface area (Å²) in [6, 6.07) is 11.0. The molecule has 0 unspecified atom stereocenters. The molecule has 2 nitrogen and oxygen atoms in total. The Balaban J connectivity index is 2.16. The Morgan fingerprint density at radius 2 is 1.93 bits per heavy atom. The maximum absolute atomic E-state index is 5.30. The number of H-pyrrole nitrogens is 1. The van der Waals surface area contributed by atoms with Gasteiger partial charge in [-0.25, -0.2) is 0 Å². The number of hydrogen-bond donors (Lipinski definition) is 1. The average molecular weight is 216 g/mol. The van der Waals surface area contributed by atoms with E-state index in [2.05, 4.69) is 33.8 Å². The van der Waals surface area contributed by atoms with Gasteiger partial charge in [0.25, 0.3) is 0 Å². The highest BCUT2D eigenvalue weighted by atomic mass is 32.1. The first kappa shape index (κ1) is 8.92. The van der Waals surface area contributed by atoms with Crippen molar-refractivity contribution in [1.82, 2.24) is 9.55 Å². The predicted molar refractivity (Wildman–Crippen MR) is 63.3 cm³/mol. The van der Waals surface area contributed by atoms with E-state index >= 15 is 0 Å². The van der Waals surface area contributed by atoms with Gasteiger partial charge in [0.05, 0.1) is 5.69 Å². The highest BCUT2D eigenvalue weighted by Gasteiger charge is 2.26. The smallest absolute Gasteiger partial charge is 0.177 e. The number of aromatic nitrogens is 2. The molecule has 0 radical (unpaired) electrons. The minimum absolute atomic E-state index is 0.624. The molecule has 0 aliphatic heterocycles. The molecule has 1 aromatic carbocycles. The predicted octanol–water partition coefficient (Wildman–Crippen LogP) is 3.55. The van der Waals surface area contributed by atoms with Crippen molar-refractivity contribution in [2.45, 2.75) is 18.9 Å². The standard InChI is InChI=1S/C12H12N2S/c15-12-13-8-11(14(12)10-6-7-10)9-4-2-1-3-5-9/h1-5,8,10H,6-7H2,(H,13,15). The number of nitrogens with one attached hydrogen (secondary N) is 1. The van der Waals surface area contributed by atoms with E-state index in [0.29, 0.717) is 6.04 Å². The maximum atomic E-state index is 5.30. The lowest BCUT2D eigenvalue weighted by Crippen LogP contribution is -1.96. The summed E-state index contributed by atoms with van der Waals surface area (Å²) in [6.07, 6.45) is 4.52. The van der Waals surface area contributed by atoms with Crippen LogP contribution in [0.15, 0.2) is 36.5 Å². The Hall–Kier alpha value is -1.35. The Morgan fingerprint density at radius 1 is 1.20 bits per heavy atom. The lowest BCUT2D eigenvalue weighted by Gasteiger charge is -2.05. The van der Waals surface area contributed by atoms with E-state index < -0.39 is 0 Å². The van der Waals surface area contributed by atoms with Gasteiger partial charge in [-0.3, -0.25) is 0 Å². The summed E-state index contributed by atoms with van der Waals surface area (Å²) >= 11 is 5.30. The van der Waals surface area contributed by atoms with E-state index in [4.69, 9.17) is 12.2 Å². The molecular formula is C12H12N2S. The summed E-state index contributed by atoms with van der Waals surface area (Å²) in [7, 11) is 0. The molecule has 1 aromatic heterocycles. The Kier molecular flexibility index (Phi) is 1.99. The number of benzene rings is 1. The first-order valence-electron chi connectivity index (χ1n) is 5.21. The second-order valence-corrected chi connectivity index (χ2v) is 4.33. The molecule has 1 aliphatic rings. The summed E-state index contributed by atoms with van der Waals surface area (Å²) in [5, 5.41) is 0. The summed E-state index contributed by atoms with van der Waals surface area (Å²) < 4.78 is 3.08. The average Bonchev–Trinajstić information content (AvgIpc) is 3.03. The van der Waals surface area contributed by atoms with Gasteiger partial charge in [0.15, 0.2) is 4.77 Å². The monoisotopic (exact) mass is 216 g/mol. The molecule has 1 heterocycles. The highest BCUT2D eigenvalue weighted by molar-refractivity contribution is 7.71. The van der Waals surface area contributed by atoms with Gasteiger partial charge in [0.2, 0.25) is 0 Å². The van der Waals surface area contributed by atoms with Crippen LogP contribution in [0, 0.1) is 4.77 Å². The lowest BCUT2D eigenvalue weighted by molar-refractivity contribution is 0.736. The molecular weight excluding hydrogens is 204 g/mol. The first-order chi connectivity index (χ1) is 7.36. The molecule has 76 valence electrons. The third-order valence-corrected chi connectivity index (χ3v) is 3.11. The van der Waals surface area contributed by atoms with Crippen molar-refractivity contribution < 1.29 is 0 Å². The van der Waals surface area contributed by atoms with Gasteiger partial charge < -0.3 is 9.55 Å². The fourth-order valence-corrected chi connectivity index (χ4v) is 2.21. The molecule has 3 rings (SSSR count). The molecule has 0 saturated heterocycles. The quantitative estimate of drug-likeness (QED) is 0.761. The van der Waals surface area contributed by atoms with Crippen LogP contribution in [-0.4, -0.2) is 9.55 Å². The molecule has 3 heteroatoms. The number of imidazole rings is 1. The van der Waals surface area contributed by atoms with Gasteiger partial charge >= 0.3 is 0 Å². The summed E-state index contributed by atoms with van der Waals surface area (Å²) in [4.78, 5) is 3.13. The van der Waals surface area contributed by atoms with Crippen molar-refractivity contribution in [2.75, 3.05) is 0 Å². The second-order valence-electron chi connectivity index (χ2n) is 3.95. The largest absolute Gasteiger partial charge is 0.337 e. The van der Waals surface area contributed by atoms with Gasteiger partial charge in [0.1, 0.15) is 0 Å². The van der Waals surface area contributed by atoms with Crippen LogP contribution >= 0.6 is 12.2 Å². The zero-order chi connectivity index (χ0) is 10.3. The summed E-state index contributed by atoms with van der Waals surface area (Å²) in [6.45, 7) is 0. The SMILES string of the molecule is S=c1[nH]cc(-c2ccccc2)n1C1CC1. The molecule has 15 heavy (non-hydrogen) atoms. The number of aromatic amines is 1. The maximum Gasteiger partial charge on any atom is 0.177 e. The molecule has 0 bridgehead atoms. The van der Waals surface area contributed by atoms with E-state index in [1.165, 1.54) is 24.1 Å². The normalized spacial score (nSPS) is 15.5. The third kappa shape index (κ3) is 1.53. The minimum Gasteiger partial charge on any atom is -0.337 e. The van der Waals surface area contributed by atoms with Crippen molar-refractivity contribution in [3.8, 4) is 11.3 Å². The molecule has 1 N–H and O–H groups in total. The van der Waals surface area contributed by atoms with Crippen molar-refractivity contribution in [3.05, 3.63) is 41.3 Å². The molecule has 1 fully saturated rings. The van der Waals surface area contributed by atoms with Crippen LogP contribution in [0.2, 0.25) is 0 Å². The van der Waals surface area contributed by atoms with Gasteiger partial charge in [0, 0.05) is 12.2 Å². The third-order valence-electron chi connectivity index (χ3n) is 2.79. The van der Waals surface area contributed by atoms with Crippen LogP contribution in [0.4, 0.5) is 0 Å². The van der Waals surface area contributed by atoms with Crippen molar-refractivity contribution in [3.63, 3.8) is 0 Å². The van der Waals surface area contributed by atoms with E-state index in [-0.39, 0.29) is 0 Å². The van der Waals surface area contributed by atoms with Crippen molar-refractivity contribution in [2.24, 2.45) is 0 Å². The van der Waals surface area contributed by atoms with Crippen LogP contribution in [0.1, 0.15) is 18.9 Å². The van der Waals surface area contributed by atoms with Crippen LogP contribution in [0.5, 0.6) is 0 Å². The molecule has 0 atom stereocenters. The summed E-state index contributed by atoms with van der Waals surface area (Å²) in [5.41, 5.74) is 2.44. The van der Waals surface area contributed by atoms with Crippen LogP contribution in [-0.2, 0) is 0 Å². The fourth-order valence-electron chi connectivity index (χ4n) is 1.91. The number of rotatable bonds is 2. The van der Waals surface area contributed by atoms with E-state index in [9.17, 15) is 0 Å². The summed E-state index contributed by atoms with van der Waals surface area (Å²) in [5.74, 6) is 0. The van der Waals surface area contributed by atoms with Gasteiger partial charge in [-0.2, -0.15) is 0 Å². The molecule has 1 aliphatic carbocycles. The second kappa shape index (κ2) is 3.35. The van der Waals surface area contributed by atoms with Crippen molar-refractivity contribution >= 4 is 12.2 Å². The molecule has 0 spiro atoms. The molecule has 0 amide bonds. The number of nitrogens with zero attached hydrogens (tertiary/aromatic N) is 1. The lowest BCUT2D eigenvalue weighted by atomic mass is 10.2. The van der Waals surface area contributed by atoms with Gasteiger partial charge in [-0.1, -0.05) is 30.3 Å². The van der Waals surface area contributed by atoms with Crippen LogP contribution < -0.4 is 0 Å². The van der Waals surface area contributed by atoms with Crippen LogP contribution in [0.25, 0.3) is 11.3 Å². The van der Waals surface area contributed by atoms with E-state index in [1.807, 2.05) is 12.3 Å². The van der Waals surface area contributed by atoms with Crippen LogP contribution in [0.3, 0.4) is 0 Å². The molecule has 1 saturated carbocycles. The Morgan fingerprint density at radius 3 is 2.60 bits per heavy atom. The Bertz CT molecular complexity index is 520. The zero-order valence-electron chi connectivity index (χ0n) is 8.31.